The number of carbonyl (C=O) groups is 2. The summed E-state index contributed by atoms with van der Waals surface area (Å²) in [6.07, 6.45) is 0.257. The van der Waals surface area contributed by atoms with E-state index >= 15 is 0 Å². The number of aromatic nitrogens is 2. The van der Waals surface area contributed by atoms with Gasteiger partial charge in [0.05, 0.1) is 0 Å². The largest absolute Gasteiger partial charge is 0.379 e. The zero-order valence-corrected chi connectivity index (χ0v) is 7.40. The lowest BCUT2D eigenvalue weighted by atomic mass is 10.4. The Hall–Kier alpha value is -2.12. The molecule has 0 atom stereocenters. The molecule has 0 radical (unpaired) electrons. The summed E-state index contributed by atoms with van der Waals surface area (Å²) in [6, 6.07) is 0. The molecule has 0 bridgehead atoms. The van der Waals surface area contributed by atoms with E-state index in [4.69, 9.17) is 5.73 Å². The van der Waals surface area contributed by atoms with Crippen molar-refractivity contribution in [2.45, 2.75) is 13.3 Å². The van der Waals surface area contributed by atoms with Crippen LogP contribution in [0.3, 0.4) is 0 Å². The van der Waals surface area contributed by atoms with Crippen molar-refractivity contribution in [3.05, 3.63) is 5.69 Å². The second-order valence-corrected chi connectivity index (χ2v) is 2.35. The zero-order chi connectivity index (χ0) is 10.6. The summed E-state index contributed by atoms with van der Waals surface area (Å²) >= 11 is 0. The number of hydrogen-bond acceptors (Lipinski definition) is 6. The number of carbonyl (C=O) groups excluding carboxylic acids is 2. The smallest absolute Gasteiger partial charge is 0.295 e. The zero-order valence-electron chi connectivity index (χ0n) is 7.40. The molecular weight excluding hydrogens is 190 g/mol. The monoisotopic (exact) mass is 199 g/mol. The van der Waals surface area contributed by atoms with Gasteiger partial charge in [0.1, 0.15) is 0 Å². The minimum atomic E-state index is -0.675. The molecule has 1 aromatic rings. The predicted octanol–water partition coefficient (Wildman–Crippen LogP) is -1.18. The number of hydrogen-bond donors (Lipinski definition) is 3. The van der Waals surface area contributed by atoms with E-state index in [1.165, 1.54) is 0 Å². The quantitative estimate of drug-likeness (QED) is 0.515. The molecule has 0 spiro atoms. The lowest BCUT2D eigenvalue weighted by Gasteiger charge is -2.02. The van der Waals surface area contributed by atoms with Gasteiger partial charge in [-0.25, -0.2) is 4.63 Å². The number of nitrogens with zero attached hydrogens (tertiary/aromatic N) is 2. The Morgan fingerprint density at radius 2 is 2.14 bits per heavy atom. The molecule has 0 unspecified atom stereocenters. The molecule has 1 heterocycles. The van der Waals surface area contributed by atoms with E-state index in [-0.39, 0.29) is 23.8 Å². The van der Waals surface area contributed by atoms with Crippen LogP contribution in [0.1, 0.15) is 23.8 Å². The van der Waals surface area contributed by atoms with Gasteiger partial charge in [-0.2, -0.15) is 0 Å². The fourth-order valence-corrected chi connectivity index (χ4v) is 0.627. The van der Waals surface area contributed by atoms with E-state index < -0.39 is 5.91 Å². The molecule has 0 aromatic carbocycles. The van der Waals surface area contributed by atoms with Crippen molar-refractivity contribution in [2.24, 2.45) is 0 Å². The van der Waals surface area contributed by atoms with Crippen LogP contribution in [0.15, 0.2) is 4.63 Å². The molecule has 4 N–H and O–H groups in total. The Morgan fingerprint density at radius 1 is 1.43 bits per heavy atom. The molecule has 76 valence electrons. The molecule has 1 aromatic heterocycles. The normalized spacial score (nSPS) is 9.50. The number of rotatable bonds is 2. The molecule has 0 saturated heterocycles. The van der Waals surface area contributed by atoms with Gasteiger partial charge >= 0.3 is 0 Å². The van der Waals surface area contributed by atoms with E-state index in [0.717, 1.165) is 0 Å². The molecule has 14 heavy (non-hydrogen) atoms. The van der Waals surface area contributed by atoms with Crippen LogP contribution < -0.4 is 16.6 Å². The molecule has 8 heteroatoms. The SMILES string of the molecule is CCC(=O)NNC(=O)c1nonc1N. The van der Waals surface area contributed by atoms with Gasteiger partial charge in [-0.05, 0) is 10.3 Å². The van der Waals surface area contributed by atoms with Crippen LogP contribution in [0.25, 0.3) is 0 Å². The second kappa shape index (κ2) is 4.21. The highest BCUT2D eigenvalue weighted by Gasteiger charge is 2.15. The summed E-state index contributed by atoms with van der Waals surface area (Å²) in [4.78, 5) is 21.9. The highest BCUT2D eigenvalue weighted by Crippen LogP contribution is 2.02. The summed E-state index contributed by atoms with van der Waals surface area (Å²) in [6.45, 7) is 1.65. The van der Waals surface area contributed by atoms with Crippen LogP contribution in [-0.4, -0.2) is 22.1 Å². The van der Waals surface area contributed by atoms with Crippen LogP contribution in [-0.2, 0) is 4.79 Å². The fraction of sp³-hybridized carbons (Fsp3) is 0.333. The average molecular weight is 199 g/mol. The summed E-state index contributed by atoms with van der Waals surface area (Å²) in [5, 5.41) is 6.45. The molecular formula is C6H9N5O3. The molecule has 2 amide bonds. The maximum atomic E-state index is 11.2. The molecule has 0 aliphatic heterocycles. The average Bonchev–Trinajstić information content (AvgIpc) is 2.60. The van der Waals surface area contributed by atoms with Crippen molar-refractivity contribution in [2.75, 3.05) is 5.73 Å². The van der Waals surface area contributed by atoms with Gasteiger partial charge in [-0.1, -0.05) is 6.92 Å². The van der Waals surface area contributed by atoms with Gasteiger partial charge < -0.3 is 5.73 Å². The first-order valence-corrected chi connectivity index (χ1v) is 3.82. The van der Waals surface area contributed by atoms with Crippen molar-refractivity contribution in [3.8, 4) is 0 Å². The van der Waals surface area contributed by atoms with Gasteiger partial charge in [0, 0.05) is 6.42 Å². The minimum Gasteiger partial charge on any atom is -0.379 e. The van der Waals surface area contributed by atoms with E-state index in [0.29, 0.717) is 0 Å². The van der Waals surface area contributed by atoms with E-state index in [9.17, 15) is 9.59 Å². The van der Waals surface area contributed by atoms with Crippen LogP contribution in [0.4, 0.5) is 5.82 Å². The van der Waals surface area contributed by atoms with Gasteiger partial charge in [0.2, 0.25) is 17.4 Å². The number of nitrogen functional groups attached to an aromatic ring is 1. The third-order valence-corrected chi connectivity index (χ3v) is 1.37. The molecule has 0 fully saturated rings. The Labute approximate surface area is 78.8 Å². The van der Waals surface area contributed by atoms with E-state index in [2.05, 4.69) is 25.8 Å². The summed E-state index contributed by atoms with van der Waals surface area (Å²) in [5.74, 6) is -1.13. The number of hydrazine groups is 1. The number of anilines is 1. The molecule has 0 saturated carbocycles. The Bertz CT molecular complexity index is 347. The number of nitrogens with one attached hydrogen (secondary N) is 2. The van der Waals surface area contributed by atoms with Gasteiger partial charge in [0.15, 0.2) is 0 Å². The first-order chi connectivity index (χ1) is 6.65. The standard InChI is InChI=1S/C6H9N5O3/c1-2-3(12)8-9-6(13)4-5(7)11-14-10-4/h2H2,1H3,(H2,7,11)(H,8,12)(H,9,13). The molecule has 0 aliphatic rings. The van der Waals surface area contributed by atoms with Crippen molar-refractivity contribution >= 4 is 17.6 Å². The van der Waals surface area contributed by atoms with Crippen molar-refractivity contribution in [1.82, 2.24) is 21.2 Å². The van der Waals surface area contributed by atoms with Crippen LogP contribution >= 0.6 is 0 Å². The molecule has 0 aliphatic carbocycles. The highest BCUT2D eigenvalue weighted by molar-refractivity contribution is 5.96. The van der Waals surface area contributed by atoms with Crippen LogP contribution in [0.5, 0.6) is 0 Å². The summed E-state index contributed by atoms with van der Waals surface area (Å²) in [7, 11) is 0. The Kier molecular flexibility index (Phi) is 3.00. The minimum absolute atomic E-state index is 0.131. The summed E-state index contributed by atoms with van der Waals surface area (Å²) < 4.78 is 4.20. The molecule has 1 rings (SSSR count). The second-order valence-electron chi connectivity index (χ2n) is 2.35. The van der Waals surface area contributed by atoms with Crippen molar-refractivity contribution in [1.29, 1.82) is 0 Å². The number of nitrogens with two attached hydrogens (primary N) is 1. The first kappa shape index (κ1) is 9.96. The first-order valence-electron chi connectivity index (χ1n) is 3.82. The topological polar surface area (TPSA) is 123 Å². The highest BCUT2D eigenvalue weighted by atomic mass is 16.6. The summed E-state index contributed by atoms with van der Waals surface area (Å²) in [5.41, 5.74) is 9.31. The van der Waals surface area contributed by atoms with Gasteiger partial charge in [-0.3, -0.25) is 20.4 Å². The fourth-order valence-electron chi connectivity index (χ4n) is 0.627. The molecule has 8 nitrogen and oxygen atoms in total. The third kappa shape index (κ3) is 2.19. The van der Waals surface area contributed by atoms with Crippen molar-refractivity contribution < 1.29 is 14.2 Å². The van der Waals surface area contributed by atoms with Crippen LogP contribution in [0.2, 0.25) is 0 Å². The maximum absolute atomic E-state index is 11.2. The third-order valence-electron chi connectivity index (χ3n) is 1.37. The maximum Gasteiger partial charge on any atom is 0.295 e. The van der Waals surface area contributed by atoms with E-state index in [1.807, 2.05) is 0 Å². The van der Waals surface area contributed by atoms with E-state index in [1.54, 1.807) is 6.92 Å². The Morgan fingerprint density at radius 3 is 2.64 bits per heavy atom. The number of amides is 2. The van der Waals surface area contributed by atoms with Gasteiger partial charge in [-0.15, -0.1) is 0 Å². The predicted molar refractivity (Wildman–Crippen MR) is 44.6 cm³/mol. The van der Waals surface area contributed by atoms with Crippen LogP contribution in [0, 0.1) is 0 Å². The van der Waals surface area contributed by atoms with Crippen molar-refractivity contribution in [3.63, 3.8) is 0 Å². The Balaban J connectivity index is 2.52. The lowest BCUT2D eigenvalue weighted by molar-refractivity contribution is -0.121. The lowest BCUT2D eigenvalue weighted by Crippen LogP contribution is -2.41. The van der Waals surface area contributed by atoms with Gasteiger partial charge in [0.25, 0.3) is 5.91 Å².